The summed E-state index contributed by atoms with van der Waals surface area (Å²) in [6.45, 7) is 0. The number of hydrogen-bond acceptors (Lipinski definition) is 2. The minimum Gasteiger partial charge on any atom is -0.456 e. The first kappa shape index (κ1) is 20.2. The van der Waals surface area contributed by atoms with Crippen LogP contribution in [0.5, 0.6) is 0 Å². The van der Waals surface area contributed by atoms with E-state index in [1.165, 1.54) is 43.7 Å². The molecular weight excluding hydrogens is 409 g/mol. The molecule has 3 heteroatoms. The van der Waals surface area contributed by atoms with Gasteiger partial charge in [0, 0.05) is 22.5 Å². The van der Waals surface area contributed by atoms with Gasteiger partial charge in [0.1, 0.15) is 17.0 Å². The van der Waals surface area contributed by atoms with Crippen molar-refractivity contribution >= 4 is 21.9 Å². The summed E-state index contributed by atoms with van der Waals surface area (Å²) in [5, 5.41) is 2.04. The highest BCUT2D eigenvalue weighted by Crippen LogP contribution is 2.38. The number of hydrogen-bond donors (Lipinski definition) is 0. The zero-order valence-electron chi connectivity index (χ0n) is 18.6. The minimum atomic E-state index is -0.239. The Labute approximate surface area is 193 Å². The summed E-state index contributed by atoms with van der Waals surface area (Å²) in [6, 6.07) is 23.4. The zero-order chi connectivity index (χ0) is 22.2. The number of benzene rings is 3. The third-order valence-electron chi connectivity index (χ3n) is 7.00. The summed E-state index contributed by atoms with van der Waals surface area (Å²) in [4.78, 5) is 4.69. The maximum absolute atomic E-state index is 14.0. The highest BCUT2D eigenvalue weighted by atomic mass is 19.1. The Balaban J connectivity index is 1.43. The lowest BCUT2D eigenvalue weighted by molar-refractivity contribution is 0.356. The fourth-order valence-electron chi connectivity index (χ4n) is 5.37. The molecular formula is C30H26FNO. The van der Waals surface area contributed by atoms with E-state index in [4.69, 9.17) is 4.42 Å². The topological polar surface area (TPSA) is 26.0 Å². The molecule has 0 radical (unpaired) electrons. The Morgan fingerprint density at radius 3 is 2.58 bits per heavy atom. The van der Waals surface area contributed by atoms with Crippen molar-refractivity contribution in [1.82, 2.24) is 4.98 Å². The summed E-state index contributed by atoms with van der Waals surface area (Å²) in [6.07, 6.45) is 9.86. The highest BCUT2D eigenvalue weighted by molar-refractivity contribution is 6.13. The number of aromatic nitrogens is 1. The van der Waals surface area contributed by atoms with E-state index in [-0.39, 0.29) is 5.82 Å². The Morgan fingerprint density at radius 1 is 0.818 bits per heavy atom. The van der Waals surface area contributed by atoms with Crippen LogP contribution in [0.1, 0.15) is 37.7 Å². The molecule has 1 aliphatic carbocycles. The number of pyridine rings is 1. The fraction of sp³-hybridized carbons (Fsp3) is 0.233. The Kier molecular flexibility index (Phi) is 5.18. The van der Waals surface area contributed by atoms with Gasteiger partial charge in [-0.1, -0.05) is 56.4 Å². The number of furan rings is 1. The SMILES string of the molecule is Fc1cccc(-c2cccc3oc4ccc(-c5cc(CC6CCCCC6)ccn5)cc4c23)c1. The van der Waals surface area contributed by atoms with Crippen LogP contribution in [0.25, 0.3) is 44.3 Å². The van der Waals surface area contributed by atoms with E-state index in [0.717, 1.165) is 56.7 Å². The standard InChI is InChI=1S/C30H26FNO/c31-24-9-4-8-22(18-24)25-10-5-11-29-30(25)26-19-23(12-13-28(26)33-29)27-17-21(14-15-32-27)16-20-6-2-1-3-7-20/h4-5,8-15,17-20H,1-3,6-7,16H2. The maximum Gasteiger partial charge on any atom is 0.136 e. The van der Waals surface area contributed by atoms with Crippen molar-refractivity contribution in [3.63, 3.8) is 0 Å². The normalized spacial score (nSPS) is 14.8. The third-order valence-corrected chi connectivity index (χ3v) is 7.00. The number of nitrogens with zero attached hydrogens (tertiary/aromatic N) is 1. The van der Waals surface area contributed by atoms with Crippen LogP contribution in [-0.4, -0.2) is 4.98 Å². The predicted molar refractivity (Wildman–Crippen MR) is 133 cm³/mol. The fourth-order valence-corrected chi connectivity index (χ4v) is 5.37. The van der Waals surface area contributed by atoms with E-state index in [1.807, 2.05) is 36.5 Å². The lowest BCUT2D eigenvalue weighted by Gasteiger charge is -2.21. The molecule has 3 aromatic carbocycles. The summed E-state index contributed by atoms with van der Waals surface area (Å²) in [5.41, 5.74) is 6.89. The second-order valence-corrected chi connectivity index (χ2v) is 9.26. The molecule has 0 aliphatic heterocycles. The zero-order valence-corrected chi connectivity index (χ0v) is 18.6. The largest absolute Gasteiger partial charge is 0.456 e. The second kappa shape index (κ2) is 8.47. The molecule has 2 heterocycles. The quantitative estimate of drug-likeness (QED) is 0.282. The van der Waals surface area contributed by atoms with Gasteiger partial charge in [-0.05, 0) is 77.6 Å². The van der Waals surface area contributed by atoms with Gasteiger partial charge in [-0.2, -0.15) is 0 Å². The summed E-state index contributed by atoms with van der Waals surface area (Å²) in [7, 11) is 0. The van der Waals surface area contributed by atoms with Crippen molar-refractivity contribution in [1.29, 1.82) is 0 Å². The second-order valence-electron chi connectivity index (χ2n) is 9.26. The van der Waals surface area contributed by atoms with E-state index in [9.17, 15) is 4.39 Å². The number of halogens is 1. The lowest BCUT2D eigenvalue weighted by Crippen LogP contribution is -2.09. The van der Waals surface area contributed by atoms with Gasteiger partial charge in [-0.25, -0.2) is 4.39 Å². The van der Waals surface area contributed by atoms with Crippen LogP contribution < -0.4 is 0 Å². The van der Waals surface area contributed by atoms with Gasteiger partial charge in [-0.3, -0.25) is 4.98 Å². The van der Waals surface area contributed by atoms with Crippen LogP contribution in [-0.2, 0) is 6.42 Å². The molecule has 0 amide bonds. The summed E-state index contributed by atoms with van der Waals surface area (Å²) < 4.78 is 20.1. The molecule has 5 aromatic rings. The Hall–Kier alpha value is -3.46. The molecule has 0 unspecified atom stereocenters. The van der Waals surface area contributed by atoms with E-state index in [1.54, 1.807) is 12.1 Å². The molecule has 0 atom stereocenters. The van der Waals surface area contributed by atoms with Gasteiger partial charge in [0.25, 0.3) is 0 Å². The van der Waals surface area contributed by atoms with Crippen molar-refractivity contribution in [2.45, 2.75) is 38.5 Å². The maximum atomic E-state index is 14.0. The average Bonchev–Trinajstić information content (AvgIpc) is 3.23. The van der Waals surface area contributed by atoms with Gasteiger partial charge < -0.3 is 4.42 Å². The average molecular weight is 436 g/mol. The van der Waals surface area contributed by atoms with E-state index >= 15 is 0 Å². The highest BCUT2D eigenvalue weighted by Gasteiger charge is 2.16. The first-order valence-electron chi connectivity index (χ1n) is 11.9. The molecule has 2 aromatic heterocycles. The molecule has 1 aliphatic rings. The molecule has 6 rings (SSSR count). The van der Waals surface area contributed by atoms with Crippen molar-refractivity contribution < 1.29 is 8.81 Å². The first-order chi connectivity index (χ1) is 16.2. The monoisotopic (exact) mass is 435 g/mol. The molecule has 33 heavy (non-hydrogen) atoms. The molecule has 1 fully saturated rings. The molecule has 2 nitrogen and oxygen atoms in total. The predicted octanol–water partition coefficient (Wildman–Crippen LogP) is 8.58. The van der Waals surface area contributed by atoms with Crippen molar-refractivity contribution in [3.05, 3.63) is 90.4 Å². The van der Waals surface area contributed by atoms with Crippen LogP contribution in [0, 0.1) is 11.7 Å². The molecule has 0 spiro atoms. The van der Waals surface area contributed by atoms with E-state index in [0.29, 0.717) is 0 Å². The van der Waals surface area contributed by atoms with Gasteiger partial charge in [-0.15, -0.1) is 0 Å². The minimum absolute atomic E-state index is 0.239. The van der Waals surface area contributed by atoms with Crippen LogP contribution in [0.4, 0.5) is 4.39 Å². The van der Waals surface area contributed by atoms with Gasteiger partial charge >= 0.3 is 0 Å². The van der Waals surface area contributed by atoms with Crippen LogP contribution >= 0.6 is 0 Å². The third kappa shape index (κ3) is 3.93. The van der Waals surface area contributed by atoms with Crippen LogP contribution in [0.15, 0.2) is 83.4 Å². The van der Waals surface area contributed by atoms with E-state index in [2.05, 4.69) is 29.2 Å². The van der Waals surface area contributed by atoms with Crippen LogP contribution in [0.2, 0.25) is 0 Å². The van der Waals surface area contributed by atoms with Crippen molar-refractivity contribution in [2.24, 2.45) is 5.92 Å². The Morgan fingerprint density at radius 2 is 1.70 bits per heavy atom. The summed E-state index contributed by atoms with van der Waals surface area (Å²) >= 11 is 0. The lowest BCUT2D eigenvalue weighted by atomic mass is 9.85. The molecule has 0 N–H and O–H groups in total. The van der Waals surface area contributed by atoms with Crippen molar-refractivity contribution in [2.75, 3.05) is 0 Å². The molecule has 164 valence electrons. The molecule has 1 saturated carbocycles. The summed E-state index contributed by atoms with van der Waals surface area (Å²) in [5.74, 6) is 0.556. The van der Waals surface area contributed by atoms with Gasteiger partial charge in [0.15, 0.2) is 0 Å². The molecule has 0 saturated heterocycles. The van der Waals surface area contributed by atoms with Crippen molar-refractivity contribution in [3.8, 4) is 22.4 Å². The van der Waals surface area contributed by atoms with Gasteiger partial charge in [0.05, 0.1) is 5.69 Å². The molecule has 0 bridgehead atoms. The number of rotatable bonds is 4. The Bertz CT molecular complexity index is 1440. The van der Waals surface area contributed by atoms with Gasteiger partial charge in [0.2, 0.25) is 0 Å². The smallest absolute Gasteiger partial charge is 0.136 e. The van der Waals surface area contributed by atoms with E-state index < -0.39 is 0 Å². The number of fused-ring (bicyclic) bond motifs is 3. The first-order valence-corrected chi connectivity index (χ1v) is 11.9. The van der Waals surface area contributed by atoms with Crippen LogP contribution in [0.3, 0.4) is 0 Å².